The van der Waals surface area contributed by atoms with Crippen molar-refractivity contribution >= 4 is 56.4 Å². The van der Waals surface area contributed by atoms with E-state index in [-0.39, 0.29) is 12.5 Å². The van der Waals surface area contributed by atoms with Crippen molar-refractivity contribution in [3.8, 4) is 18.1 Å². The van der Waals surface area contributed by atoms with Crippen molar-refractivity contribution in [3.63, 3.8) is 0 Å². The van der Waals surface area contributed by atoms with Crippen molar-refractivity contribution in [2.24, 2.45) is 0 Å². The van der Waals surface area contributed by atoms with Crippen molar-refractivity contribution in [2.45, 2.75) is 6.42 Å². The number of fused-ring (bicyclic) bond motifs is 1. The summed E-state index contributed by atoms with van der Waals surface area (Å²) in [5, 5.41) is 6.89. The second-order valence-corrected chi connectivity index (χ2v) is 9.23. The normalized spacial score (nSPS) is 12.6. The maximum Gasteiger partial charge on any atom is 0.262 e. The average Bonchev–Trinajstić information content (AvgIpc) is 3.44. The number of nitrogens with two attached hydrogens (primary N) is 1. The fourth-order valence-corrected chi connectivity index (χ4v) is 4.81. The lowest BCUT2D eigenvalue weighted by Gasteiger charge is -2.13. The van der Waals surface area contributed by atoms with E-state index in [4.69, 9.17) is 16.9 Å². The largest absolute Gasteiger partial charge is 0.484 e. The molecule has 1 amide bonds. The molecule has 0 saturated carbocycles. The first-order valence-electron chi connectivity index (χ1n) is 11.3. The molecular formula is C28H23N5O2S. The van der Waals surface area contributed by atoms with Gasteiger partial charge in [0.05, 0.1) is 16.9 Å². The monoisotopic (exact) mass is 493 g/mol. The lowest BCUT2D eigenvalue weighted by Crippen LogP contribution is -2.21. The number of ether oxygens (including phenoxy) is 1. The smallest absolute Gasteiger partial charge is 0.262 e. The summed E-state index contributed by atoms with van der Waals surface area (Å²) in [7, 11) is 0. The van der Waals surface area contributed by atoms with Crippen molar-refractivity contribution in [3.05, 3.63) is 84.2 Å². The molecule has 0 spiro atoms. The van der Waals surface area contributed by atoms with E-state index < -0.39 is 0 Å². The Morgan fingerprint density at radius 2 is 2.06 bits per heavy atom. The number of hydrogen-bond acceptors (Lipinski definition) is 7. The summed E-state index contributed by atoms with van der Waals surface area (Å²) in [6.45, 7) is -0.173. The first kappa shape index (κ1) is 23.3. The molecule has 36 heavy (non-hydrogen) atoms. The predicted molar refractivity (Wildman–Crippen MR) is 147 cm³/mol. The van der Waals surface area contributed by atoms with Crippen LogP contribution in [-0.2, 0) is 4.79 Å². The topological polar surface area (TPSA) is 102 Å². The minimum atomic E-state index is -0.305. The van der Waals surface area contributed by atoms with Crippen molar-refractivity contribution in [2.75, 3.05) is 28.7 Å². The summed E-state index contributed by atoms with van der Waals surface area (Å²) in [5.74, 6) is 4.51. The summed E-state index contributed by atoms with van der Waals surface area (Å²) in [4.78, 5) is 22.5. The highest BCUT2D eigenvalue weighted by Crippen LogP contribution is 2.36. The molecule has 178 valence electrons. The molecule has 0 aliphatic carbocycles. The van der Waals surface area contributed by atoms with Crippen molar-refractivity contribution in [1.29, 1.82) is 0 Å². The number of anilines is 4. The van der Waals surface area contributed by atoms with Crippen LogP contribution >= 0.6 is 11.8 Å². The van der Waals surface area contributed by atoms with E-state index in [2.05, 4.69) is 32.6 Å². The molecule has 0 bridgehead atoms. The van der Waals surface area contributed by atoms with Gasteiger partial charge in [-0.05, 0) is 60.5 Å². The number of carbonyl (C=O) groups excluding carboxylic acids is 1. The zero-order valence-corrected chi connectivity index (χ0v) is 20.1. The number of hydrogen-bond donors (Lipinski definition) is 3. The Kier molecular flexibility index (Phi) is 6.74. The number of rotatable bonds is 7. The second kappa shape index (κ2) is 10.4. The SMILES string of the molecule is C#Cc1cccc(Nc2ncnc3ccc(OCC(=O)Nc4cc(C5=CCCS5)ccc4N)cc23)c1. The van der Waals surface area contributed by atoms with Gasteiger partial charge in [-0.1, -0.05) is 24.1 Å². The van der Waals surface area contributed by atoms with Gasteiger partial charge in [0.25, 0.3) is 5.91 Å². The van der Waals surface area contributed by atoms with Gasteiger partial charge >= 0.3 is 0 Å². The number of terminal acetylenes is 1. The third kappa shape index (κ3) is 5.27. The molecule has 8 heteroatoms. The number of carbonyl (C=O) groups is 1. The molecule has 0 unspecified atom stereocenters. The van der Waals surface area contributed by atoms with Crippen LogP contribution in [0.3, 0.4) is 0 Å². The number of amides is 1. The van der Waals surface area contributed by atoms with E-state index in [1.54, 1.807) is 23.9 Å². The molecule has 0 radical (unpaired) electrons. The standard InChI is InChI=1S/C28H23N5O2S/c1-2-18-5-3-6-20(13-18)32-28-22-15-21(9-11-24(22)30-17-31-28)35-16-27(34)33-25-14-19(8-10-23(25)29)26-7-4-12-36-26/h1,3,5-11,13-15,17H,4,12,16,29H2,(H,33,34)(H,30,31,32). The molecule has 7 nitrogen and oxygen atoms in total. The Bertz CT molecular complexity index is 1530. The van der Waals surface area contributed by atoms with Gasteiger partial charge in [0, 0.05) is 27.3 Å². The Labute approximate surface area is 213 Å². The highest BCUT2D eigenvalue weighted by Gasteiger charge is 2.13. The fourth-order valence-electron chi connectivity index (χ4n) is 3.82. The van der Waals surface area contributed by atoms with Crippen molar-refractivity contribution < 1.29 is 9.53 Å². The molecule has 1 aromatic heterocycles. The zero-order valence-electron chi connectivity index (χ0n) is 19.3. The van der Waals surface area contributed by atoms with Gasteiger partial charge in [0.15, 0.2) is 6.61 Å². The van der Waals surface area contributed by atoms with E-state index >= 15 is 0 Å². The second-order valence-electron chi connectivity index (χ2n) is 8.10. The van der Waals surface area contributed by atoms with Crippen LogP contribution in [0.2, 0.25) is 0 Å². The van der Waals surface area contributed by atoms with Gasteiger partial charge in [0.2, 0.25) is 0 Å². The van der Waals surface area contributed by atoms with Crippen LogP contribution in [0.4, 0.5) is 22.9 Å². The molecule has 4 N–H and O–H groups in total. The maximum atomic E-state index is 12.6. The van der Waals surface area contributed by atoms with Crippen molar-refractivity contribution in [1.82, 2.24) is 9.97 Å². The van der Waals surface area contributed by atoms with E-state index in [0.717, 1.165) is 39.9 Å². The predicted octanol–water partition coefficient (Wildman–Crippen LogP) is 5.43. The van der Waals surface area contributed by atoms with E-state index in [0.29, 0.717) is 22.9 Å². The quantitative estimate of drug-likeness (QED) is 0.233. The van der Waals surface area contributed by atoms with Gasteiger partial charge in [0.1, 0.15) is 17.9 Å². The highest BCUT2D eigenvalue weighted by atomic mass is 32.2. The fraction of sp³-hybridized carbons (Fsp3) is 0.107. The van der Waals surface area contributed by atoms with Gasteiger partial charge in [-0.15, -0.1) is 18.2 Å². The lowest BCUT2D eigenvalue weighted by atomic mass is 10.1. The molecule has 4 aromatic rings. The first-order valence-corrected chi connectivity index (χ1v) is 12.3. The van der Waals surface area contributed by atoms with Crippen LogP contribution in [0.1, 0.15) is 17.5 Å². The van der Waals surface area contributed by atoms with E-state index in [1.165, 1.54) is 11.2 Å². The lowest BCUT2D eigenvalue weighted by molar-refractivity contribution is -0.118. The zero-order chi connectivity index (χ0) is 24.9. The molecule has 1 aliphatic rings. The maximum absolute atomic E-state index is 12.6. The summed E-state index contributed by atoms with van der Waals surface area (Å²) in [6, 6.07) is 18.6. The molecule has 2 heterocycles. The third-order valence-electron chi connectivity index (χ3n) is 5.59. The highest BCUT2D eigenvalue weighted by molar-refractivity contribution is 8.08. The molecule has 5 rings (SSSR count). The number of nitrogens with zero attached hydrogens (tertiary/aromatic N) is 2. The number of allylic oxidation sites excluding steroid dienone is 1. The Hall–Kier alpha value is -4.48. The van der Waals surface area contributed by atoms with E-state index in [1.807, 2.05) is 48.5 Å². The van der Waals surface area contributed by atoms with Gasteiger partial charge in [-0.2, -0.15) is 0 Å². The minimum absolute atomic E-state index is 0.173. The van der Waals surface area contributed by atoms with Gasteiger partial charge in [-0.3, -0.25) is 4.79 Å². The molecule has 1 aliphatic heterocycles. The van der Waals surface area contributed by atoms with Crippen LogP contribution in [0.15, 0.2) is 73.1 Å². The number of thioether (sulfide) groups is 1. The Morgan fingerprint density at radius 3 is 2.89 bits per heavy atom. The molecule has 0 saturated heterocycles. The summed E-state index contributed by atoms with van der Waals surface area (Å²) < 4.78 is 5.78. The molecule has 0 fully saturated rings. The average molecular weight is 494 g/mol. The van der Waals surface area contributed by atoms with Gasteiger partial charge in [-0.25, -0.2) is 9.97 Å². The van der Waals surface area contributed by atoms with Crippen LogP contribution in [0.5, 0.6) is 5.75 Å². The van der Waals surface area contributed by atoms with Crippen LogP contribution < -0.4 is 21.1 Å². The molecule has 3 aromatic carbocycles. The number of benzene rings is 3. The third-order valence-corrected chi connectivity index (χ3v) is 6.74. The van der Waals surface area contributed by atoms with Crippen LogP contribution in [0.25, 0.3) is 15.8 Å². The molecule has 0 atom stereocenters. The number of aromatic nitrogens is 2. The Balaban J connectivity index is 1.29. The summed E-state index contributed by atoms with van der Waals surface area (Å²) >= 11 is 1.80. The van der Waals surface area contributed by atoms with E-state index in [9.17, 15) is 4.79 Å². The number of nitrogens with one attached hydrogen (secondary N) is 2. The van der Waals surface area contributed by atoms with Crippen LogP contribution in [0, 0.1) is 12.3 Å². The molecular weight excluding hydrogens is 470 g/mol. The first-order chi connectivity index (χ1) is 17.6. The minimum Gasteiger partial charge on any atom is -0.484 e. The van der Waals surface area contributed by atoms with Crippen LogP contribution in [-0.4, -0.2) is 28.2 Å². The summed E-state index contributed by atoms with van der Waals surface area (Å²) in [5.41, 5.74) is 10.5. The Morgan fingerprint density at radius 1 is 1.14 bits per heavy atom. The summed E-state index contributed by atoms with van der Waals surface area (Å²) in [6.07, 6.45) is 10.2. The number of nitrogen functional groups attached to an aromatic ring is 1. The van der Waals surface area contributed by atoms with Gasteiger partial charge < -0.3 is 21.1 Å².